The molecule has 2 aromatic rings. The largest absolute Gasteiger partial charge is 0.477 e. The van der Waals surface area contributed by atoms with Gasteiger partial charge in [0, 0.05) is 10.0 Å². The van der Waals surface area contributed by atoms with Gasteiger partial charge in [0.05, 0.1) is 0 Å². The third kappa shape index (κ3) is 1.67. The van der Waals surface area contributed by atoms with E-state index in [2.05, 4.69) is 15.9 Å². The minimum Gasteiger partial charge on any atom is -0.477 e. The van der Waals surface area contributed by atoms with E-state index in [1.165, 1.54) is 11.3 Å². The van der Waals surface area contributed by atoms with Crippen LogP contribution in [0.25, 0.3) is 10.1 Å². The van der Waals surface area contributed by atoms with Gasteiger partial charge in [0.15, 0.2) is 0 Å². The average molecular weight is 271 g/mol. The fourth-order valence-corrected chi connectivity index (χ4v) is 2.58. The summed E-state index contributed by atoms with van der Waals surface area (Å²) in [6.07, 6.45) is 0. The zero-order valence-electron chi connectivity index (χ0n) is 7.16. The average Bonchev–Trinajstić information content (AvgIpc) is 2.59. The number of carbonyl (C=O) groups is 1. The zero-order chi connectivity index (χ0) is 10.1. The molecule has 0 aliphatic rings. The quantitative estimate of drug-likeness (QED) is 0.849. The number of fused-ring (bicyclic) bond motifs is 1. The highest BCUT2D eigenvalue weighted by atomic mass is 79.9. The monoisotopic (exact) mass is 270 g/mol. The molecule has 1 heterocycles. The molecule has 0 spiro atoms. The van der Waals surface area contributed by atoms with Crippen molar-refractivity contribution in [3.63, 3.8) is 0 Å². The van der Waals surface area contributed by atoms with Crippen molar-refractivity contribution in [2.75, 3.05) is 0 Å². The zero-order valence-corrected chi connectivity index (χ0v) is 9.56. The molecule has 0 fully saturated rings. The Morgan fingerprint density at radius 1 is 1.43 bits per heavy atom. The maximum absolute atomic E-state index is 10.7. The summed E-state index contributed by atoms with van der Waals surface area (Å²) >= 11 is 4.68. The summed E-state index contributed by atoms with van der Waals surface area (Å²) < 4.78 is 1.03. The lowest BCUT2D eigenvalue weighted by Crippen LogP contribution is -1.89. The number of hydrogen-bond acceptors (Lipinski definition) is 2. The number of halogens is 1. The van der Waals surface area contributed by atoms with Crippen LogP contribution in [0.1, 0.15) is 15.2 Å². The Morgan fingerprint density at radius 2 is 2.21 bits per heavy atom. The van der Waals surface area contributed by atoms with Gasteiger partial charge in [-0.1, -0.05) is 28.1 Å². The predicted octanol–water partition coefficient (Wildman–Crippen LogP) is 3.49. The third-order valence-electron chi connectivity index (χ3n) is 1.95. The highest BCUT2D eigenvalue weighted by molar-refractivity contribution is 9.08. The van der Waals surface area contributed by atoms with E-state index in [-0.39, 0.29) is 0 Å². The molecule has 0 aliphatic heterocycles. The summed E-state index contributed by atoms with van der Waals surface area (Å²) in [4.78, 5) is 11.1. The van der Waals surface area contributed by atoms with Gasteiger partial charge in [0.1, 0.15) is 4.88 Å². The summed E-state index contributed by atoms with van der Waals surface area (Å²) in [6.45, 7) is 0. The van der Waals surface area contributed by atoms with E-state index in [1.807, 2.05) is 18.2 Å². The van der Waals surface area contributed by atoms with Crippen molar-refractivity contribution in [1.82, 2.24) is 0 Å². The van der Waals surface area contributed by atoms with Crippen molar-refractivity contribution in [2.45, 2.75) is 5.33 Å². The SMILES string of the molecule is O=C(O)c1cc2ccc(CBr)cc2s1. The first-order valence-corrected chi connectivity index (χ1v) is 5.96. The highest BCUT2D eigenvalue weighted by Gasteiger charge is 2.07. The molecule has 0 atom stereocenters. The van der Waals surface area contributed by atoms with Gasteiger partial charge >= 0.3 is 5.97 Å². The van der Waals surface area contributed by atoms with Crippen molar-refractivity contribution in [1.29, 1.82) is 0 Å². The van der Waals surface area contributed by atoms with Crippen molar-refractivity contribution < 1.29 is 9.90 Å². The smallest absolute Gasteiger partial charge is 0.345 e. The van der Waals surface area contributed by atoms with E-state index < -0.39 is 5.97 Å². The van der Waals surface area contributed by atoms with Crippen LogP contribution in [-0.2, 0) is 5.33 Å². The minimum absolute atomic E-state index is 0.395. The summed E-state index contributed by atoms with van der Waals surface area (Å²) in [5.74, 6) is -0.855. The van der Waals surface area contributed by atoms with E-state index >= 15 is 0 Å². The van der Waals surface area contributed by atoms with E-state index in [4.69, 9.17) is 5.11 Å². The van der Waals surface area contributed by atoms with Gasteiger partial charge in [0.2, 0.25) is 0 Å². The summed E-state index contributed by atoms with van der Waals surface area (Å²) in [7, 11) is 0. The number of alkyl halides is 1. The number of hydrogen-bond donors (Lipinski definition) is 1. The Kier molecular flexibility index (Phi) is 2.56. The molecule has 0 amide bonds. The van der Waals surface area contributed by atoms with Crippen LogP contribution in [0.2, 0.25) is 0 Å². The minimum atomic E-state index is -0.855. The van der Waals surface area contributed by atoms with Crippen LogP contribution >= 0.6 is 27.3 Å². The summed E-state index contributed by atoms with van der Waals surface area (Å²) in [5.41, 5.74) is 1.16. The summed E-state index contributed by atoms with van der Waals surface area (Å²) in [5, 5.41) is 10.6. The van der Waals surface area contributed by atoms with Crippen molar-refractivity contribution in [2.24, 2.45) is 0 Å². The van der Waals surface area contributed by atoms with Crippen LogP contribution in [0.5, 0.6) is 0 Å². The molecule has 0 saturated carbocycles. The Hall–Kier alpha value is -0.870. The second-order valence-corrected chi connectivity index (χ2v) is 4.57. The first-order chi connectivity index (χ1) is 6.70. The molecular weight excluding hydrogens is 264 g/mol. The van der Waals surface area contributed by atoms with Gasteiger partial charge < -0.3 is 5.11 Å². The number of thiophene rings is 1. The maximum Gasteiger partial charge on any atom is 0.345 e. The van der Waals surface area contributed by atoms with Gasteiger partial charge in [0.25, 0.3) is 0 Å². The second kappa shape index (κ2) is 3.71. The molecule has 0 bridgehead atoms. The van der Waals surface area contributed by atoms with Crippen molar-refractivity contribution in [3.8, 4) is 0 Å². The lowest BCUT2D eigenvalue weighted by Gasteiger charge is -1.93. The Balaban J connectivity index is 2.60. The first kappa shape index (κ1) is 9.68. The molecule has 2 nitrogen and oxygen atoms in total. The molecule has 0 radical (unpaired) electrons. The van der Waals surface area contributed by atoms with Crippen molar-refractivity contribution >= 4 is 43.3 Å². The second-order valence-electron chi connectivity index (χ2n) is 2.92. The third-order valence-corrected chi connectivity index (χ3v) is 3.68. The van der Waals surface area contributed by atoms with Crippen LogP contribution in [0.4, 0.5) is 0 Å². The molecule has 0 saturated heterocycles. The molecule has 2 rings (SSSR count). The van der Waals surface area contributed by atoms with Crippen LogP contribution in [0.3, 0.4) is 0 Å². The van der Waals surface area contributed by atoms with Crippen LogP contribution in [0.15, 0.2) is 24.3 Å². The maximum atomic E-state index is 10.7. The van der Waals surface area contributed by atoms with E-state index in [0.29, 0.717) is 4.88 Å². The molecule has 1 aromatic heterocycles. The molecule has 4 heteroatoms. The van der Waals surface area contributed by atoms with Crippen molar-refractivity contribution in [3.05, 3.63) is 34.7 Å². The molecule has 1 N–H and O–H groups in total. The number of rotatable bonds is 2. The Bertz CT molecular complexity index is 490. The topological polar surface area (TPSA) is 37.3 Å². The van der Waals surface area contributed by atoms with Crippen LogP contribution in [0, 0.1) is 0 Å². The van der Waals surface area contributed by atoms with E-state index in [0.717, 1.165) is 21.0 Å². The van der Waals surface area contributed by atoms with Gasteiger partial charge in [-0.2, -0.15) is 0 Å². The fourth-order valence-electron chi connectivity index (χ4n) is 1.26. The molecule has 1 aromatic carbocycles. The molecule has 0 aliphatic carbocycles. The Morgan fingerprint density at radius 3 is 2.86 bits per heavy atom. The lowest BCUT2D eigenvalue weighted by molar-refractivity contribution is 0.0702. The number of aromatic carboxylic acids is 1. The van der Waals surface area contributed by atoms with Gasteiger partial charge in [-0.15, -0.1) is 11.3 Å². The molecular formula is C10H7BrO2S. The van der Waals surface area contributed by atoms with E-state index in [1.54, 1.807) is 6.07 Å². The molecule has 72 valence electrons. The lowest BCUT2D eigenvalue weighted by atomic mass is 10.2. The summed E-state index contributed by atoms with van der Waals surface area (Å²) in [6, 6.07) is 7.67. The van der Waals surface area contributed by atoms with Crippen LogP contribution < -0.4 is 0 Å². The fraction of sp³-hybridized carbons (Fsp3) is 0.100. The van der Waals surface area contributed by atoms with E-state index in [9.17, 15) is 4.79 Å². The molecule has 14 heavy (non-hydrogen) atoms. The number of carboxylic acids is 1. The standard InChI is InChI=1S/C10H7BrO2S/c11-5-6-1-2-7-4-9(10(12)13)14-8(7)3-6/h1-4H,5H2,(H,12,13). The number of benzene rings is 1. The Labute approximate surface area is 93.3 Å². The van der Waals surface area contributed by atoms with Gasteiger partial charge in [-0.05, 0) is 23.1 Å². The highest BCUT2D eigenvalue weighted by Crippen LogP contribution is 2.27. The predicted molar refractivity (Wildman–Crippen MR) is 61.4 cm³/mol. The first-order valence-electron chi connectivity index (χ1n) is 4.02. The molecule has 0 unspecified atom stereocenters. The van der Waals surface area contributed by atoms with Gasteiger partial charge in [-0.25, -0.2) is 4.79 Å². The number of carboxylic acid groups (broad SMARTS) is 1. The van der Waals surface area contributed by atoms with Crippen LogP contribution in [-0.4, -0.2) is 11.1 Å². The van der Waals surface area contributed by atoms with Gasteiger partial charge in [-0.3, -0.25) is 0 Å². The normalized spacial score (nSPS) is 10.6.